The molecule has 0 saturated carbocycles. The van der Waals surface area contributed by atoms with Crippen molar-refractivity contribution in [3.05, 3.63) is 75.3 Å². The van der Waals surface area contributed by atoms with Crippen molar-refractivity contribution < 1.29 is 19.1 Å². The van der Waals surface area contributed by atoms with E-state index in [0.29, 0.717) is 59.7 Å². The first-order chi connectivity index (χ1) is 23.1. The summed E-state index contributed by atoms with van der Waals surface area (Å²) in [5.74, 6) is -1.52. The fourth-order valence-corrected chi connectivity index (χ4v) is 7.63. The average Bonchev–Trinajstić information content (AvgIpc) is 3.09. The highest BCUT2D eigenvalue weighted by atomic mass is 35.5. The predicted octanol–water partition coefficient (Wildman–Crippen LogP) is 4.93. The van der Waals surface area contributed by atoms with E-state index in [0.717, 1.165) is 31.5 Å². The van der Waals surface area contributed by atoms with E-state index < -0.39 is 17.4 Å². The minimum absolute atomic E-state index is 0.140. The first kappa shape index (κ1) is 35.4. The lowest BCUT2D eigenvalue weighted by Gasteiger charge is -2.48. The van der Waals surface area contributed by atoms with Crippen molar-refractivity contribution in [1.29, 1.82) is 5.26 Å². The highest BCUT2D eigenvalue weighted by Crippen LogP contribution is 2.36. The molecule has 10 nitrogen and oxygen atoms in total. The molecule has 2 saturated heterocycles. The first-order valence-electron chi connectivity index (χ1n) is 16.4. The van der Waals surface area contributed by atoms with Crippen LogP contribution in [0.15, 0.2) is 48.5 Å². The van der Waals surface area contributed by atoms with Crippen LogP contribution >= 0.6 is 23.2 Å². The number of carbonyl (C=O) groups is 3. The molecule has 0 aromatic heterocycles. The molecule has 48 heavy (non-hydrogen) atoms. The third-order valence-electron chi connectivity index (χ3n) is 9.93. The van der Waals surface area contributed by atoms with Gasteiger partial charge in [-0.25, -0.2) is 0 Å². The largest absolute Gasteiger partial charge is 0.495 e. The molecular formula is C36H42Cl2N6O4. The maximum absolute atomic E-state index is 14.4. The van der Waals surface area contributed by atoms with Gasteiger partial charge in [-0.2, -0.15) is 5.26 Å². The molecule has 2 fully saturated rings. The van der Waals surface area contributed by atoms with Gasteiger partial charge in [0.2, 0.25) is 11.8 Å². The summed E-state index contributed by atoms with van der Waals surface area (Å²) in [6, 6.07) is 16.4. The number of amides is 3. The SMILES string of the molecule is COc1c(C#N)cc2ccccc2c1C(=O)N(CC(N)=O)CC(CCN1CCC(C(N)=O)(N2CCCCC2)CC1)c1ccc(Cl)c(Cl)c1. The molecule has 3 amide bonds. The number of halogens is 2. The summed E-state index contributed by atoms with van der Waals surface area (Å²) < 4.78 is 5.61. The van der Waals surface area contributed by atoms with E-state index in [2.05, 4.69) is 15.9 Å². The smallest absolute Gasteiger partial charge is 0.258 e. The van der Waals surface area contributed by atoms with Crippen molar-refractivity contribution in [2.75, 3.05) is 52.9 Å². The number of nitriles is 1. The number of likely N-dealkylation sites (tertiary alicyclic amines) is 2. The van der Waals surface area contributed by atoms with E-state index in [1.807, 2.05) is 18.2 Å². The van der Waals surface area contributed by atoms with Crippen molar-refractivity contribution in [3.63, 3.8) is 0 Å². The standard InChI is InChI=1S/C36H42Cl2N6O4/c1-48-33-27(21-39)19-25-7-3-4-8-28(25)32(33)34(46)43(23-31(40)45)22-26(24-9-10-29(37)30(38)20-24)11-16-42-17-12-36(13-18-42,35(41)47)44-14-5-2-6-15-44/h3-4,7-10,19-20,26H,2,5-6,11-18,22-23H2,1H3,(H2,40,45)(H2,41,47). The topological polar surface area (TPSA) is 146 Å². The van der Waals surface area contributed by atoms with Crippen molar-refractivity contribution in [3.8, 4) is 11.8 Å². The Labute approximate surface area is 291 Å². The van der Waals surface area contributed by atoms with Crippen LogP contribution in [0.2, 0.25) is 10.0 Å². The van der Waals surface area contributed by atoms with Gasteiger partial charge in [-0.1, -0.05) is 60.0 Å². The lowest BCUT2D eigenvalue weighted by atomic mass is 9.83. The monoisotopic (exact) mass is 692 g/mol. The minimum Gasteiger partial charge on any atom is -0.495 e. The molecule has 2 aliphatic heterocycles. The number of methoxy groups -OCH3 is 1. The number of nitrogens with two attached hydrogens (primary N) is 2. The number of fused-ring (bicyclic) bond motifs is 1. The summed E-state index contributed by atoms with van der Waals surface area (Å²) in [4.78, 5) is 45.7. The van der Waals surface area contributed by atoms with Gasteiger partial charge >= 0.3 is 0 Å². The van der Waals surface area contributed by atoms with E-state index in [9.17, 15) is 19.6 Å². The van der Waals surface area contributed by atoms with Crippen LogP contribution < -0.4 is 16.2 Å². The van der Waals surface area contributed by atoms with E-state index in [-0.39, 0.29) is 41.8 Å². The second-order valence-corrected chi connectivity index (χ2v) is 13.6. The zero-order chi connectivity index (χ0) is 34.4. The molecule has 2 heterocycles. The molecule has 0 bridgehead atoms. The second-order valence-electron chi connectivity index (χ2n) is 12.8. The van der Waals surface area contributed by atoms with Gasteiger partial charge in [-0.3, -0.25) is 19.3 Å². The van der Waals surface area contributed by atoms with Crippen LogP contribution in [0.1, 0.15) is 65.9 Å². The average molecular weight is 694 g/mol. The Kier molecular flexibility index (Phi) is 11.5. The lowest BCUT2D eigenvalue weighted by molar-refractivity contribution is -0.135. The fourth-order valence-electron chi connectivity index (χ4n) is 7.32. The molecule has 12 heteroatoms. The third-order valence-corrected chi connectivity index (χ3v) is 10.7. The van der Waals surface area contributed by atoms with E-state index in [1.54, 1.807) is 30.3 Å². The Morgan fingerprint density at radius 1 is 1.00 bits per heavy atom. The Morgan fingerprint density at radius 2 is 1.71 bits per heavy atom. The highest BCUT2D eigenvalue weighted by Gasteiger charge is 2.45. The summed E-state index contributed by atoms with van der Waals surface area (Å²) in [6.07, 6.45) is 5.27. The van der Waals surface area contributed by atoms with Crippen molar-refractivity contribution in [1.82, 2.24) is 14.7 Å². The fraction of sp³-hybridized carbons (Fsp3) is 0.444. The van der Waals surface area contributed by atoms with Crippen LogP contribution in [0, 0.1) is 11.3 Å². The van der Waals surface area contributed by atoms with Crippen LogP contribution in [-0.4, -0.2) is 90.9 Å². The van der Waals surface area contributed by atoms with E-state index >= 15 is 0 Å². The number of hydrogen-bond donors (Lipinski definition) is 2. The van der Waals surface area contributed by atoms with Crippen molar-refractivity contribution >= 4 is 51.7 Å². The van der Waals surface area contributed by atoms with Gasteiger partial charge < -0.3 is 26.0 Å². The minimum atomic E-state index is -0.674. The van der Waals surface area contributed by atoms with Crippen molar-refractivity contribution in [2.45, 2.75) is 50.0 Å². The number of nitrogens with zero attached hydrogens (tertiary/aromatic N) is 4. The van der Waals surface area contributed by atoms with Gasteiger partial charge in [0.05, 0.1) is 34.8 Å². The summed E-state index contributed by atoms with van der Waals surface area (Å²) in [7, 11) is 1.41. The van der Waals surface area contributed by atoms with Crippen LogP contribution in [0.5, 0.6) is 5.75 Å². The normalized spacial score (nSPS) is 17.4. The van der Waals surface area contributed by atoms with E-state index in [1.165, 1.54) is 18.4 Å². The number of piperidine rings is 2. The van der Waals surface area contributed by atoms with E-state index in [4.69, 9.17) is 39.4 Å². The molecule has 5 rings (SSSR count). The Hall–Kier alpha value is -3.88. The van der Waals surface area contributed by atoms with Gasteiger partial charge in [0.1, 0.15) is 17.4 Å². The van der Waals surface area contributed by atoms with Crippen LogP contribution in [-0.2, 0) is 9.59 Å². The van der Waals surface area contributed by atoms with Gasteiger partial charge in [0, 0.05) is 25.6 Å². The molecule has 4 N–H and O–H groups in total. The molecule has 0 aliphatic carbocycles. The Bertz CT molecular complexity index is 1710. The summed E-state index contributed by atoms with van der Waals surface area (Å²) in [6.45, 7) is 3.68. The maximum Gasteiger partial charge on any atom is 0.258 e. The van der Waals surface area contributed by atoms with Gasteiger partial charge in [0.25, 0.3) is 5.91 Å². The van der Waals surface area contributed by atoms with Gasteiger partial charge in [-0.05, 0) is 86.3 Å². The number of rotatable bonds is 12. The summed E-state index contributed by atoms with van der Waals surface area (Å²) >= 11 is 12.7. The molecule has 1 unspecified atom stereocenters. The highest BCUT2D eigenvalue weighted by molar-refractivity contribution is 6.42. The van der Waals surface area contributed by atoms with Gasteiger partial charge in [0.15, 0.2) is 0 Å². The summed E-state index contributed by atoms with van der Waals surface area (Å²) in [5, 5.41) is 12.0. The third kappa shape index (κ3) is 7.55. The molecule has 0 spiro atoms. The predicted molar refractivity (Wildman–Crippen MR) is 187 cm³/mol. The molecule has 1 atom stereocenters. The molecule has 3 aromatic carbocycles. The molecule has 3 aromatic rings. The van der Waals surface area contributed by atoms with Gasteiger partial charge in [-0.15, -0.1) is 0 Å². The number of carbonyl (C=O) groups excluding carboxylic acids is 3. The van der Waals surface area contributed by atoms with Crippen LogP contribution in [0.4, 0.5) is 0 Å². The van der Waals surface area contributed by atoms with Crippen molar-refractivity contribution in [2.24, 2.45) is 11.5 Å². The number of ether oxygens (including phenoxy) is 1. The number of primary amides is 2. The molecule has 0 radical (unpaired) electrons. The summed E-state index contributed by atoms with van der Waals surface area (Å²) in [5.41, 5.74) is 12.4. The molecular weight excluding hydrogens is 651 g/mol. The Balaban J connectivity index is 1.43. The lowest BCUT2D eigenvalue weighted by Crippen LogP contribution is -2.63. The second kappa shape index (κ2) is 15.6. The first-order valence-corrected chi connectivity index (χ1v) is 17.1. The van der Waals surface area contributed by atoms with Crippen LogP contribution in [0.3, 0.4) is 0 Å². The van der Waals surface area contributed by atoms with Crippen LogP contribution in [0.25, 0.3) is 10.8 Å². The zero-order valence-corrected chi connectivity index (χ0v) is 28.7. The maximum atomic E-state index is 14.4. The zero-order valence-electron chi connectivity index (χ0n) is 27.2. The molecule has 2 aliphatic rings. The Morgan fingerprint density at radius 3 is 2.33 bits per heavy atom. The number of benzene rings is 3. The molecule has 254 valence electrons. The number of hydrogen-bond acceptors (Lipinski definition) is 7. The quantitative estimate of drug-likeness (QED) is 0.274.